The lowest BCUT2D eigenvalue weighted by Gasteiger charge is -2.39. The Bertz CT molecular complexity index is 682. The van der Waals surface area contributed by atoms with Gasteiger partial charge in [-0.25, -0.2) is 13.8 Å². The van der Waals surface area contributed by atoms with E-state index in [0.29, 0.717) is 30.9 Å². The molecule has 0 aliphatic carbocycles. The van der Waals surface area contributed by atoms with E-state index in [0.717, 1.165) is 16.7 Å². The first-order valence-corrected chi connectivity index (χ1v) is 8.64. The van der Waals surface area contributed by atoms with Gasteiger partial charge in [0.05, 0.1) is 13.2 Å². The number of anilines is 1. The van der Waals surface area contributed by atoms with Crippen LogP contribution in [-0.2, 0) is 17.6 Å². The summed E-state index contributed by atoms with van der Waals surface area (Å²) in [4.78, 5) is 5.98. The number of ether oxygens (including phenoxy) is 1. The van der Waals surface area contributed by atoms with Gasteiger partial charge in [-0.1, -0.05) is 26.0 Å². The van der Waals surface area contributed by atoms with Crippen LogP contribution in [0.2, 0.25) is 0 Å². The van der Waals surface area contributed by atoms with E-state index in [4.69, 9.17) is 4.74 Å². The van der Waals surface area contributed by atoms with Crippen LogP contribution in [0, 0.1) is 11.3 Å². The molecule has 0 radical (unpaired) electrons. The Kier molecular flexibility index (Phi) is 6.12. The SMILES string of the molecule is C=C(C)COC1CCN(c2nc(C#N)c(CC)cc2CC)CC1(F)F. The fraction of sp³-hybridized carbons (Fsp3) is 0.579. The number of hydrogen-bond acceptors (Lipinski definition) is 4. The molecule has 0 bridgehead atoms. The second-order valence-corrected chi connectivity index (χ2v) is 6.53. The van der Waals surface area contributed by atoms with Crippen LogP contribution in [-0.4, -0.2) is 36.7 Å². The Labute approximate surface area is 148 Å². The van der Waals surface area contributed by atoms with Crippen LogP contribution in [0.4, 0.5) is 14.6 Å². The minimum Gasteiger partial charge on any atom is -0.368 e. The van der Waals surface area contributed by atoms with Gasteiger partial charge in [-0.2, -0.15) is 5.26 Å². The molecule has 0 saturated carbocycles. The van der Waals surface area contributed by atoms with Gasteiger partial charge in [0.15, 0.2) is 0 Å². The van der Waals surface area contributed by atoms with Crippen LogP contribution < -0.4 is 4.90 Å². The third kappa shape index (κ3) is 4.35. The van der Waals surface area contributed by atoms with Crippen molar-refractivity contribution in [1.82, 2.24) is 4.98 Å². The van der Waals surface area contributed by atoms with Crippen LogP contribution >= 0.6 is 0 Å². The minimum absolute atomic E-state index is 0.141. The van der Waals surface area contributed by atoms with Crippen molar-refractivity contribution in [3.05, 3.63) is 35.0 Å². The van der Waals surface area contributed by atoms with E-state index in [-0.39, 0.29) is 13.0 Å². The van der Waals surface area contributed by atoms with Crippen molar-refractivity contribution >= 4 is 5.82 Å². The molecule has 1 aliphatic heterocycles. The Morgan fingerprint density at radius 2 is 2.12 bits per heavy atom. The number of nitrogens with zero attached hydrogens (tertiary/aromatic N) is 3. The van der Waals surface area contributed by atoms with Crippen molar-refractivity contribution < 1.29 is 13.5 Å². The summed E-state index contributed by atoms with van der Waals surface area (Å²) in [7, 11) is 0. The maximum absolute atomic E-state index is 14.5. The van der Waals surface area contributed by atoms with Crippen molar-refractivity contribution in [1.29, 1.82) is 5.26 Å². The molecule has 0 spiro atoms. The molecule has 2 heterocycles. The second-order valence-electron chi connectivity index (χ2n) is 6.53. The highest BCUT2D eigenvalue weighted by molar-refractivity contribution is 5.53. The summed E-state index contributed by atoms with van der Waals surface area (Å²) >= 11 is 0. The molecule has 1 atom stereocenters. The fourth-order valence-corrected chi connectivity index (χ4v) is 3.04. The molecule has 1 aromatic heterocycles. The molecular formula is C19H25F2N3O. The first kappa shape index (κ1) is 19.3. The average molecular weight is 349 g/mol. The van der Waals surface area contributed by atoms with Gasteiger partial charge in [0.25, 0.3) is 5.92 Å². The number of piperidine rings is 1. The van der Waals surface area contributed by atoms with Gasteiger partial charge >= 0.3 is 0 Å². The molecule has 1 aromatic rings. The normalized spacial score (nSPS) is 19.5. The van der Waals surface area contributed by atoms with Gasteiger partial charge in [-0.3, -0.25) is 0 Å². The van der Waals surface area contributed by atoms with Crippen LogP contribution in [0.25, 0.3) is 0 Å². The molecule has 6 heteroatoms. The Balaban J connectivity index is 2.26. The number of pyridine rings is 1. The highest BCUT2D eigenvalue weighted by Crippen LogP contribution is 2.34. The highest BCUT2D eigenvalue weighted by Gasteiger charge is 2.46. The second kappa shape index (κ2) is 7.92. The summed E-state index contributed by atoms with van der Waals surface area (Å²) in [6, 6.07) is 4.00. The van der Waals surface area contributed by atoms with Gasteiger partial charge in [-0.15, -0.1) is 0 Å². The first-order chi connectivity index (χ1) is 11.8. The van der Waals surface area contributed by atoms with Gasteiger partial charge in [0, 0.05) is 6.54 Å². The van der Waals surface area contributed by atoms with E-state index in [9.17, 15) is 14.0 Å². The monoisotopic (exact) mass is 349 g/mol. The zero-order chi connectivity index (χ0) is 18.6. The Hall–Kier alpha value is -2.00. The molecule has 2 rings (SSSR count). The van der Waals surface area contributed by atoms with Crippen LogP contribution in [0.15, 0.2) is 18.2 Å². The number of aromatic nitrogens is 1. The maximum atomic E-state index is 14.5. The largest absolute Gasteiger partial charge is 0.368 e. The topological polar surface area (TPSA) is 49.1 Å². The highest BCUT2D eigenvalue weighted by atomic mass is 19.3. The van der Waals surface area contributed by atoms with Crippen molar-refractivity contribution in [2.24, 2.45) is 0 Å². The molecule has 1 unspecified atom stereocenters. The lowest BCUT2D eigenvalue weighted by atomic mass is 10.0. The summed E-state index contributed by atoms with van der Waals surface area (Å²) in [5.41, 5.74) is 2.79. The van der Waals surface area contributed by atoms with Crippen molar-refractivity contribution in [2.45, 2.75) is 52.1 Å². The quantitative estimate of drug-likeness (QED) is 0.731. The van der Waals surface area contributed by atoms with Crippen LogP contribution in [0.5, 0.6) is 0 Å². The minimum atomic E-state index is -2.98. The van der Waals surface area contributed by atoms with E-state index in [1.54, 1.807) is 11.8 Å². The lowest BCUT2D eigenvalue weighted by molar-refractivity contribution is -0.138. The smallest absolute Gasteiger partial charge is 0.290 e. The van der Waals surface area contributed by atoms with E-state index >= 15 is 0 Å². The standard InChI is InChI=1S/C19H25F2N3O/c1-5-14-9-15(6-2)18(23-16(14)10-22)24-8-7-17(19(20,21)12-24)25-11-13(3)4/h9,17H,3,5-8,11-12H2,1-2,4H3. The van der Waals surface area contributed by atoms with E-state index in [1.165, 1.54) is 0 Å². The Morgan fingerprint density at radius 3 is 2.64 bits per heavy atom. The number of rotatable bonds is 6. The molecule has 136 valence electrons. The molecule has 0 N–H and O–H groups in total. The predicted molar refractivity (Wildman–Crippen MR) is 94.0 cm³/mol. The Morgan fingerprint density at radius 1 is 1.44 bits per heavy atom. The van der Waals surface area contributed by atoms with Crippen molar-refractivity contribution in [3.63, 3.8) is 0 Å². The molecule has 4 nitrogen and oxygen atoms in total. The van der Waals surface area contributed by atoms with E-state index < -0.39 is 18.6 Å². The summed E-state index contributed by atoms with van der Waals surface area (Å²) in [5, 5.41) is 9.30. The molecule has 25 heavy (non-hydrogen) atoms. The third-order valence-electron chi connectivity index (χ3n) is 4.39. The molecule has 1 fully saturated rings. The van der Waals surface area contributed by atoms with Gasteiger partial charge in [-0.05, 0) is 43.4 Å². The number of nitriles is 1. The molecule has 0 aromatic carbocycles. The van der Waals surface area contributed by atoms with Crippen molar-refractivity contribution in [2.75, 3.05) is 24.6 Å². The average Bonchev–Trinajstić information content (AvgIpc) is 2.58. The van der Waals surface area contributed by atoms with Crippen molar-refractivity contribution in [3.8, 4) is 6.07 Å². The van der Waals surface area contributed by atoms with Gasteiger partial charge in [0.1, 0.15) is 23.7 Å². The summed E-state index contributed by atoms with van der Waals surface area (Å²) in [6.07, 6.45) is 0.466. The number of hydrogen-bond donors (Lipinski definition) is 0. The first-order valence-electron chi connectivity index (χ1n) is 8.64. The summed E-state index contributed by atoms with van der Waals surface area (Å²) < 4.78 is 34.4. The van der Waals surface area contributed by atoms with Crippen LogP contribution in [0.1, 0.15) is 44.0 Å². The van der Waals surface area contributed by atoms with E-state index in [1.807, 2.05) is 19.9 Å². The fourth-order valence-electron chi connectivity index (χ4n) is 3.04. The summed E-state index contributed by atoms with van der Waals surface area (Å²) in [5.74, 6) is -2.48. The predicted octanol–water partition coefficient (Wildman–Crippen LogP) is 3.88. The van der Waals surface area contributed by atoms with Crippen LogP contribution in [0.3, 0.4) is 0 Å². The third-order valence-corrected chi connectivity index (χ3v) is 4.39. The molecule has 1 saturated heterocycles. The number of halogens is 2. The van der Waals surface area contributed by atoms with E-state index in [2.05, 4.69) is 17.6 Å². The van der Waals surface area contributed by atoms with Gasteiger partial charge in [0.2, 0.25) is 0 Å². The molecule has 0 amide bonds. The maximum Gasteiger partial charge on any atom is 0.290 e. The number of alkyl halides is 2. The molecular weight excluding hydrogens is 324 g/mol. The van der Waals surface area contributed by atoms with Gasteiger partial charge < -0.3 is 9.64 Å². The lowest BCUT2D eigenvalue weighted by Crippen LogP contribution is -2.53. The molecule has 1 aliphatic rings. The summed E-state index contributed by atoms with van der Waals surface area (Å²) in [6.45, 7) is 9.47. The zero-order valence-corrected chi connectivity index (χ0v) is 15.1. The zero-order valence-electron chi connectivity index (χ0n) is 15.1. The number of aryl methyl sites for hydroxylation is 2.